The van der Waals surface area contributed by atoms with Gasteiger partial charge in [-0.2, -0.15) is 0 Å². The Bertz CT molecular complexity index is 1250. The van der Waals surface area contributed by atoms with Gasteiger partial charge in [0, 0.05) is 10.6 Å². The van der Waals surface area contributed by atoms with Crippen LogP contribution >= 0.6 is 23.4 Å². The number of ether oxygens (including phenoxy) is 3. The highest BCUT2D eigenvalue weighted by Crippen LogP contribution is 2.36. The summed E-state index contributed by atoms with van der Waals surface area (Å²) in [6.07, 6.45) is 1.58. The van der Waals surface area contributed by atoms with Crippen molar-refractivity contribution in [1.29, 1.82) is 0 Å². The zero-order valence-corrected chi connectivity index (χ0v) is 20.3. The van der Waals surface area contributed by atoms with Gasteiger partial charge in [0.2, 0.25) is 0 Å². The molecule has 0 radical (unpaired) electrons. The molecule has 0 bridgehead atoms. The van der Waals surface area contributed by atoms with E-state index in [2.05, 4.69) is 0 Å². The van der Waals surface area contributed by atoms with Crippen molar-refractivity contribution in [2.45, 2.75) is 6.54 Å². The summed E-state index contributed by atoms with van der Waals surface area (Å²) in [5.74, 6) is 0.649. The smallest absolute Gasteiger partial charge is 0.293 e. The number of thioether (sulfide) groups is 1. The minimum absolute atomic E-state index is 0.0946. The van der Waals surface area contributed by atoms with E-state index in [-0.39, 0.29) is 22.0 Å². The molecule has 6 nitrogen and oxygen atoms in total. The molecule has 35 heavy (non-hydrogen) atoms. The van der Waals surface area contributed by atoms with Crippen LogP contribution in [-0.2, 0) is 11.3 Å². The number of hydrogen-bond donors (Lipinski definition) is 0. The highest BCUT2D eigenvalue weighted by Gasteiger charge is 2.36. The molecule has 2 amide bonds. The third-order valence-corrected chi connectivity index (χ3v) is 6.35. The number of imide groups is 1. The molecule has 3 aromatic carbocycles. The van der Waals surface area contributed by atoms with Gasteiger partial charge < -0.3 is 14.2 Å². The number of methoxy groups -OCH3 is 1. The van der Waals surface area contributed by atoms with Crippen molar-refractivity contribution in [3.05, 3.63) is 93.6 Å². The third kappa shape index (κ3) is 5.96. The van der Waals surface area contributed by atoms with Gasteiger partial charge in [-0.25, -0.2) is 4.39 Å². The van der Waals surface area contributed by atoms with Gasteiger partial charge in [-0.3, -0.25) is 14.5 Å². The van der Waals surface area contributed by atoms with Gasteiger partial charge in [0.15, 0.2) is 11.5 Å². The van der Waals surface area contributed by atoms with Crippen molar-refractivity contribution in [1.82, 2.24) is 4.90 Å². The molecule has 0 atom stereocenters. The lowest BCUT2D eigenvalue weighted by Gasteiger charge is -2.14. The van der Waals surface area contributed by atoms with Crippen LogP contribution in [0.2, 0.25) is 5.02 Å². The Balaban J connectivity index is 1.42. The van der Waals surface area contributed by atoms with E-state index in [1.165, 1.54) is 25.3 Å². The quantitative estimate of drug-likeness (QED) is 0.251. The molecule has 180 valence electrons. The molecular weight excluding hydrogens is 493 g/mol. The summed E-state index contributed by atoms with van der Waals surface area (Å²) in [6, 6.07) is 18.8. The molecule has 1 aliphatic heterocycles. The Morgan fingerprint density at radius 1 is 0.971 bits per heavy atom. The lowest BCUT2D eigenvalue weighted by Crippen LogP contribution is -2.28. The van der Waals surface area contributed by atoms with Crippen LogP contribution in [0.15, 0.2) is 71.6 Å². The van der Waals surface area contributed by atoms with Crippen LogP contribution in [0.25, 0.3) is 6.08 Å². The Kier molecular flexibility index (Phi) is 7.94. The molecule has 4 rings (SSSR count). The van der Waals surface area contributed by atoms with Gasteiger partial charge in [-0.1, -0.05) is 41.9 Å². The summed E-state index contributed by atoms with van der Waals surface area (Å²) in [6.45, 7) is 0.421. The lowest BCUT2D eigenvalue weighted by molar-refractivity contribution is -0.123. The molecule has 0 N–H and O–H groups in total. The van der Waals surface area contributed by atoms with E-state index >= 15 is 0 Å². The topological polar surface area (TPSA) is 65.1 Å². The van der Waals surface area contributed by atoms with E-state index in [1.807, 2.05) is 30.3 Å². The number of para-hydroxylation sites is 1. The van der Waals surface area contributed by atoms with Crippen molar-refractivity contribution in [2.75, 3.05) is 20.3 Å². The molecule has 1 aliphatic rings. The predicted molar refractivity (Wildman–Crippen MR) is 133 cm³/mol. The molecule has 1 fully saturated rings. The Morgan fingerprint density at radius 3 is 2.49 bits per heavy atom. The van der Waals surface area contributed by atoms with E-state index in [4.69, 9.17) is 25.8 Å². The summed E-state index contributed by atoms with van der Waals surface area (Å²) >= 11 is 6.83. The molecule has 0 aromatic heterocycles. The van der Waals surface area contributed by atoms with Crippen LogP contribution in [0.4, 0.5) is 9.18 Å². The number of nitrogens with zero attached hydrogens (tertiary/aromatic N) is 1. The van der Waals surface area contributed by atoms with Crippen LogP contribution in [0.5, 0.6) is 17.2 Å². The molecule has 0 saturated carbocycles. The van der Waals surface area contributed by atoms with E-state index in [0.29, 0.717) is 30.3 Å². The fourth-order valence-corrected chi connectivity index (χ4v) is 4.41. The standard InChI is InChI=1S/C26H21ClFNO5S/c1-32-23-14-17(10-11-22(23)34-13-12-33-18-6-3-2-4-7-18)15-24-25(30)29(26(31)35-24)16-19-20(27)8-5-9-21(19)28/h2-11,14-15H,12-13,16H2,1H3/b24-15-. The first-order valence-corrected chi connectivity index (χ1v) is 11.8. The average Bonchev–Trinajstić information content (AvgIpc) is 3.12. The molecule has 0 unspecified atom stereocenters. The maximum atomic E-state index is 14.1. The summed E-state index contributed by atoms with van der Waals surface area (Å²) < 4.78 is 30.9. The maximum Gasteiger partial charge on any atom is 0.293 e. The molecule has 3 aromatic rings. The predicted octanol–water partition coefficient (Wildman–Crippen LogP) is 6.18. The molecule has 0 aliphatic carbocycles. The Hall–Kier alpha value is -3.49. The van der Waals surface area contributed by atoms with Crippen molar-refractivity contribution >= 4 is 40.6 Å². The number of amides is 2. The number of rotatable bonds is 9. The second-order valence-electron chi connectivity index (χ2n) is 7.39. The Morgan fingerprint density at radius 2 is 1.74 bits per heavy atom. The number of hydrogen-bond acceptors (Lipinski definition) is 6. The molecular formula is C26H21ClFNO5S. The van der Waals surface area contributed by atoms with Crippen LogP contribution in [-0.4, -0.2) is 36.4 Å². The first-order valence-electron chi connectivity index (χ1n) is 10.6. The zero-order chi connectivity index (χ0) is 24.8. The zero-order valence-electron chi connectivity index (χ0n) is 18.7. The minimum atomic E-state index is -0.574. The molecule has 1 saturated heterocycles. The van der Waals surface area contributed by atoms with E-state index in [9.17, 15) is 14.0 Å². The lowest BCUT2D eigenvalue weighted by atomic mass is 10.1. The second-order valence-corrected chi connectivity index (χ2v) is 8.79. The van der Waals surface area contributed by atoms with Crippen LogP contribution in [0.3, 0.4) is 0 Å². The number of carbonyl (C=O) groups is 2. The first-order chi connectivity index (χ1) is 17.0. The minimum Gasteiger partial charge on any atom is -0.493 e. The van der Waals surface area contributed by atoms with Crippen LogP contribution < -0.4 is 14.2 Å². The Labute approximate surface area is 211 Å². The highest BCUT2D eigenvalue weighted by molar-refractivity contribution is 8.18. The van der Waals surface area contributed by atoms with E-state index < -0.39 is 17.0 Å². The fourth-order valence-electron chi connectivity index (χ4n) is 3.35. The summed E-state index contributed by atoms with van der Waals surface area (Å²) in [5, 5.41) is -0.339. The molecule has 9 heteroatoms. The van der Waals surface area contributed by atoms with Gasteiger partial charge in [-0.15, -0.1) is 0 Å². The number of carbonyl (C=O) groups excluding carboxylic acids is 2. The average molecular weight is 514 g/mol. The van der Waals surface area contributed by atoms with Crippen molar-refractivity contribution in [2.24, 2.45) is 0 Å². The SMILES string of the molecule is COc1cc(/C=C2\SC(=O)N(Cc3c(F)cccc3Cl)C2=O)ccc1OCCOc1ccccc1. The monoisotopic (exact) mass is 513 g/mol. The van der Waals surface area contributed by atoms with E-state index in [0.717, 1.165) is 22.4 Å². The summed E-state index contributed by atoms with van der Waals surface area (Å²) in [7, 11) is 1.51. The number of halogens is 2. The third-order valence-electron chi connectivity index (χ3n) is 5.09. The summed E-state index contributed by atoms with van der Waals surface area (Å²) in [4.78, 5) is 26.5. The first kappa shape index (κ1) is 24.6. The summed E-state index contributed by atoms with van der Waals surface area (Å²) in [5.41, 5.74) is 0.737. The van der Waals surface area contributed by atoms with Crippen molar-refractivity contribution in [3.63, 3.8) is 0 Å². The van der Waals surface area contributed by atoms with Crippen molar-refractivity contribution < 1.29 is 28.2 Å². The van der Waals surface area contributed by atoms with Gasteiger partial charge in [0.05, 0.1) is 18.6 Å². The fraction of sp³-hybridized carbons (Fsp3) is 0.154. The van der Waals surface area contributed by atoms with Crippen LogP contribution in [0, 0.1) is 5.82 Å². The van der Waals surface area contributed by atoms with E-state index in [1.54, 1.807) is 24.3 Å². The number of benzene rings is 3. The van der Waals surface area contributed by atoms with Gasteiger partial charge >= 0.3 is 0 Å². The van der Waals surface area contributed by atoms with Gasteiger partial charge in [0.25, 0.3) is 11.1 Å². The second kappa shape index (κ2) is 11.3. The normalized spacial score (nSPS) is 14.5. The highest BCUT2D eigenvalue weighted by atomic mass is 35.5. The van der Waals surface area contributed by atoms with Gasteiger partial charge in [0.1, 0.15) is 24.8 Å². The molecule has 1 heterocycles. The largest absolute Gasteiger partial charge is 0.493 e. The van der Waals surface area contributed by atoms with Crippen LogP contribution in [0.1, 0.15) is 11.1 Å². The van der Waals surface area contributed by atoms with Crippen molar-refractivity contribution in [3.8, 4) is 17.2 Å². The van der Waals surface area contributed by atoms with Gasteiger partial charge in [-0.05, 0) is 59.8 Å². The maximum absolute atomic E-state index is 14.1. The molecule has 0 spiro atoms.